The first-order valence-corrected chi connectivity index (χ1v) is 13.6. The molecule has 0 aliphatic carbocycles. The van der Waals surface area contributed by atoms with E-state index < -0.39 is 21.3 Å². The van der Waals surface area contributed by atoms with Crippen LogP contribution in [-0.4, -0.2) is 43.0 Å². The van der Waals surface area contributed by atoms with Gasteiger partial charge in [0.15, 0.2) is 5.75 Å². The number of ether oxygens (including phenoxy) is 2. The third-order valence-electron chi connectivity index (χ3n) is 5.31. The zero-order valence-corrected chi connectivity index (χ0v) is 22.2. The summed E-state index contributed by atoms with van der Waals surface area (Å²) in [6.45, 7) is 4.30. The molecule has 2 aromatic carbocycles. The molecule has 9 nitrogen and oxygen atoms in total. The molecule has 0 bridgehead atoms. The van der Waals surface area contributed by atoms with Crippen LogP contribution in [0.3, 0.4) is 0 Å². The van der Waals surface area contributed by atoms with E-state index >= 15 is 0 Å². The fraction of sp³-hybridized carbons (Fsp3) is 0.292. The summed E-state index contributed by atoms with van der Waals surface area (Å²) in [6, 6.07) is 12.5. The predicted octanol–water partition coefficient (Wildman–Crippen LogP) is 4.12. The Morgan fingerprint density at radius 2 is 1.81 bits per heavy atom. The Hall–Kier alpha value is -3.08. The predicted molar refractivity (Wildman–Crippen MR) is 140 cm³/mol. The average Bonchev–Trinajstić information content (AvgIpc) is 2.81. The van der Waals surface area contributed by atoms with E-state index in [-0.39, 0.29) is 41.4 Å². The normalized spacial score (nSPS) is 11.7. The van der Waals surface area contributed by atoms with E-state index in [1.54, 1.807) is 18.2 Å². The molecule has 0 aliphatic rings. The summed E-state index contributed by atoms with van der Waals surface area (Å²) in [5, 5.41) is 0.272. The largest absolute Gasteiger partial charge is 0.490 e. The van der Waals surface area contributed by atoms with E-state index in [1.165, 1.54) is 6.20 Å². The summed E-state index contributed by atoms with van der Waals surface area (Å²) in [4.78, 5) is 20.1. The molecule has 1 amide bonds. The van der Waals surface area contributed by atoms with E-state index in [0.717, 1.165) is 17.4 Å². The number of nitrogens with one attached hydrogen (secondary N) is 1. The number of anilines is 1. The summed E-state index contributed by atoms with van der Waals surface area (Å²) in [6.07, 6.45) is 2.47. The smallest absolute Gasteiger partial charge is 0.252 e. The van der Waals surface area contributed by atoms with Gasteiger partial charge in [0.1, 0.15) is 19.0 Å². The highest BCUT2D eigenvalue weighted by Crippen LogP contribution is 2.38. The van der Waals surface area contributed by atoms with Crippen molar-refractivity contribution >= 4 is 45.1 Å². The van der Waals surface area contributed by atoms with Gasteiger partial charge < -0.3 is 15.2 Å². The molecule has 12 heteroatoms. The Bertz CT molecular complexity index is 1350. The summed E-state index contributed by atoms with van der Waals surface area (Å²) in [7, 11) is -3.48. The number of primary amides is 1. The number of nitrogens with two attached hydrogens (primary N) is 1. The summed E-state index contributed by atoms with van der Waals surface area (Å²) >= 11 is 12.1. The second kappa shape index (κ2) is 11.3. The first-order valence-electron chi connectivity index (χ1n) is 10.8. The number of carbonyl (C=O) groups is 1. The highest BCUT2D eigenvalue weighted by Gasteiger charge is 2.27. The lowest BCUT2D eigenvalue weighted by Gasteiger charge is -2.27. The molecule has 0 aliphatic heterocycles. The number of hydrogen-bond acceptors (Lipinski definition) is 7. The zero-order chi connectivity index (χ0) is 26.5. The van der Waals surface area contributed by atoms with Gasteiger partial charge in [-0.25, -0.2) is 18.4 Å². The van der Waals surface area contributed by atoms with E-state index in [2.05, 4.69) is 14.7 Å². The van der Waals surface area contributed by atoms with Gasteiger partial charge in [-0.3, -0.25) is 9.52 Å². The van der Waals surface area contributed by atoms with Crippen molar-refractivity contribution in [2.24, 2.45) is 5.73 Å². The van der Waals surface area contributed by atoms with Crippen LogP contribution in [0.5, 0.6) is 11.5 Å². The third kappa shape index (κ3) is 6.99. The molecular formula is C24H26Cl2N4O5S. The lowest BCUT2D eigenvalue weighted by Crippen LogP contribution is -2.21. The van der Waals surface area contributed by atoms with Gasteiger partial charge in [-0.2, -0.15) is 0 Å². The number of sulfonamides is 1. The van der Waals surface area contributed by atoms with Gasteiger partial charge in [0.05, 0.1) is 28.4 Å². The van der Waals surface area contributed by atoms with Crippen LogP contribution in [0, 0.1) is 0 Å². The highest BCUT2D eigenvalue weighted by atomic mass is 35.5. The van der Waals surface area contributed by atoms with Crippen molar-refractivity contribution in [2.45, 2.75) is 25.9 Å². The van der Waals surface area contributed by atoms with Crippen LogP contribution < -0.4 is 19.9 Å². The first kappa shape index (κ1) is 27.5. The van der Waals surface area contributed by atoms with Crippen molar-refractivity contribution in [1.29, 1.82) is 0 Å². The summed E-state index contributed by atoms with van der Waals surface area (Å²) in [5.41, 5.74) is 7.46. The Labute approximate surface area is 220 Å². The molecule has 0 radical (unpaired) electrons. The van der Waals surface area contributed by atoms with E-state index in [1.807, 2.05) is 38.1 Å². The standard InChI is InChI=1S/C24H26Cl2N4O5S/c1-24(2,16-12-19(22(27)31)21(20(26)13-16)34-11-9-25)15-4-6-18(7-5-15)35-14-17-8-10-28-23(29-17)30-36(3,32)33/h4-8,10,12-13H,9,11,14H2,1-3H3,(H2,27,31)(H,28,29,30). The monoisotopic (exact) mass is 552 g/mol. The zero-order valence-electron chi connectivity index (χ0n) is 19.9. The minimum absolute atomic E-state index is 0.0243. The Morgan fingerprint density at radius 1 is 1.11 bits per heavy atom. The van der Waals surface area contributed by atoms with Crippen LogP contribution in [0.4, 0.5) is 5.95 Å². The van der Waals surface area contributed by atoms with Gasteiger partial charge in [0.25, 0.3) is 5.91 Å². The molecule has 36 heavy (non-hydrogen) atoms. The highest BCUT2D eigenvalue weighted by molar-refractivity contribution is 7.91. The van der Waals surface area contributed by atoms with Crippen molar-refractivity contribution in [3.63, 3.8) is 0 Å². The van der Waals surface area contributed by atoms with Gasteiger partial charge in [-0.15, -0.1) is 11.6 Å². The third-order valence-corrected chi connectivity index (χ3v) is 6.30. The number of benzene rings is 2. The van der Waals surface area contributed by atoms with E-state index in [0.29, 0.717) is 11.4 Å². The number of halogens is 2. The Morgan fingerprint density at radius 3 is 2.42 bits per heavy atom. The maximum absolute atomic E-state index is 12.1. The van der Waals surface area contributed by atoms with Crippen LogP contribution >= 0.6 is 23.2 Å². The Balaban J connectivity index is 1.78. The fourth-order valence-corrected chi connectivity index (χ4v) is 4.19. The van der Waals surface area contributed by atoms with Gasteiger partial charge in [-0.1, -0.05) is 37.6 Å². The molecule has 1 aromatic heterocycles. The number of nitrogens with zero attached hydrogens (tertiary/aromatic N) is 2. The van der Waals surface area contributed by atoms with Gasteiger partial charge >= 0.3 is 0 Å². The number of rotatable bonds is 11. The molecule has 3 aromatic rings. The molecule has 0 fully saturated rings. The molecule has 1 heterocycles. The van der Waals surface area contributed by atoms with Crippen LogP contribution in [-0.2, 0) is 22.0 Å². The molecule has 192 valence electrons. The van der Waals surface area contributed by atoms with Crippen molar-refractivity contribution < 1.29 is 22.7 Å². The lowest BCUT2D eigenvalue weighted by atomic mass is 9.77. The number of carbonyl (C=O) groups excluding carboxylic acids is 1. The maximum atomic E-state index is 12.1. The minimum atomic E-state index is -3.48. The molecular weight excluding hydrogens is 527 g/mol. The fourth-order valence-electron chi connectivity index (χ4n) is 3.41. The van der Waals surface area contributed by atoms with Crippen LogP contribution in [0.1, 0.15) is 41.0 Å². The van der Waals surface area contributed by atoms with Gasteiger partial charge in [0.2, 0.25) is 16.0 Å². The summed E-state index contributed by atoms with van der Waals surface area (Å²) in [5.74, 6) is 0.372. The second-order valence-corrected chi connectivity index (χ2v) is 11.0. The number of hydrogen-bond donors (Lipinski definition) is 2. The van der Waals surface area contributed by atoms with Crippen LogP contribution in [0.15, 0.2) is 48.7 Å². The molecule has 0 atom stereocenters. The van der Waals surface area contributed by atoms with Crippen molar-refractivity contribution in [1.82, 2.24) is 9.97 Å². The quantitative estimate of drug-likeness (QED) is 0.341. The number of alkyl halides is 1. The van der Waals surface area contributed by atoms with Crippen molar-refractivity contribution in [3.8, 4) is 11.5 Å². The molecule has 0 spiro atoms. The minimum Gasteiger partial charge on any atom is -0.490 e. The lowest BCUT2D eigenvalue weighted by molar-refractivity contribution is 0.0996. The maximum Gasteiger partial charge on any atom is 0.252 e. The van der Waals surface area contributed by atoms with Crippen molar-refractivity contribution in [3.05, 3.63) is 76.1 Å². The number of amides is 1. The molecule has 3 rings (SSSR count). The molecule has 0 saturated carbocycles. The topological polar surface area (TPSA) is 134 Å². The van der Waals surface area contributed by atoms with Crippen molar-refractivity contribution in [2.75, 3.05) is 23.5 Å². The molecule has 0 saturated heterocycles. The van der Waals surface area contributed by atoms with E-state index in [4.69, 9.17) is 38.4 Å². The second-order valence-electron chi connectivity index (χ2n) is 8.42. The van der Waals surface area contributed by atoms with Crippen LogP contribution in [0.2, 0.25) is 5.02 Å². The first-order chi connectivity index (χ1) is 16.9. The van der Waals surface area contributed by atoms with Gasteiger partial charge in [-0.05, 0) is 41.5 Å². The molecule has 3 N–H and O–H groups in total. The van der Waals surface area contributed by atoms with Crippen LogP contribution in [0.25, 0.3) is 0 Å². The SMILES string of the molecule is CC(C)(c1ccc(OCc2ccnc(NS(C)(=O)=O)n2)cc1)c1cc(Cl)c(OCCCl)c(C(N)=O)c1. The molecule has 0 unspecified atom stereocenters. The number of aromatic nitrogens is 2. The average molecular weight is 553 g/mol. The summed E-state index contributed by atoms with van der Waals surface area (Å²) < 4.78 is 36.3. The van der Waals surface area contributed by atoms with E-state index in [9.17, 15) is 13.2 Å². The van der Waals surface area contributed by atoms with Gasteiger partial charge in [0, 0.05) is 11.6 Å². The Kier molecular flexibility index (Phi) is 8.65.